The number of rotatable bonds is 1. The third kappa shape index (κ3) is 1.88. The minimum Gasteiger partial charge on any atom is -0.505 e. The highest BCUT2D eigenvalue weighted by atomic mass is 16.3. The number of amides is 1. The van der Waals surface area contributed by atoms with Gasteiger partial charge in [0.1, 0.15) is 6.33 Å². The fourth-order valence-electron chi connectivity index (χ4n) is 2.14. The van der Waals surface area contributed by atoms with E-state index < -0.39 is 0 Å². The number of carbonyl (C=O) groups is 1. The van der Waals surface area contributed by atoms with E-state index in [4.69, 9.17) is 5.73 Å². The molecule has 0 spiro atoms. The van der Waals surface area contributed by atoms with E-state index in [-0.39, 0.29) is 22.9 Å². The van der Waals surface area contributed by atoms with Gasteiger partial charge in [-0.15, -0.1) is 10.2 Å². The number of hydrogen-bond donors (Lipinski definition) is 2. The van der Waals surface area contributed by atoms with Crippen LogP contribution in [-0.4, -0.2) is 37.2 Å². The number of phenolic OH excluding ortho intramolecular Hbond substituents is 1. The van der Waals surface area contributed by atoms with Crippen LogP contribution in [0.3, 0.4) is 0 Å². The van der Waals surface area contributed by atoms with Gasteiger partial charge in [-0.2, -0.15) is 0 Å². The zero-order valence-corrected chi connectivity index (χ0v) is 10.2. The molecule has 1 aromatic heterocycles. The van der Waals surface area contributed by atoms with E-state index in [1.54, 1.807) is 29.4 Å². The van der Waals surface area contributed by atoms with Gasteiger partial charge in [-0.1, -0.05) is 6.07 Å². The second-order valence-corrected chi connectivity index (χ2v) is 4.41. The maximum Gasteiger partial charge on any atom is 0.258 e. The summed E-state index contributed by atoms with van der Waals surface area (Å²) in [5, 5.41) is 17.6. The number of benzene rings is 1. The molecule has 19 heavy (non-hydrogen) atoms. The van der Waals surface area contributed by atoms with E-state index in [0.717, 1.165) is 5.82 Å². The van der Waals surface area contributed by atoms with Crippen LogP contribution in [0.4, 0.5) is 5.69 Å². The fraction of sp³-hybridized carbons (Fsp3) is 0.250. The van der Waals surface area contributed by atoms with Crippen LogP contribution in [0.15, 0.2) is 24.5 Å². The summed E-state index contributed by atoms with van der Waals surface area (Å²) in [6.07, 6.45) is 1.65. The lowest BCUT2D eigenvalue weighted by Gasteiger charge is -2.27. The summed E-state index contributed by atoms with van der Waals surface area (Å²) in [6, 6.07) is 4.76. The monoisotopic (exact) mass is 259 g/mol. The van der Waals surface area contributed by atoms with Gasteiger partial charge in [0.2, 0.25) is 0 Å². The molecule has 0 bridgehead atoms. The number of fused-ring (bicyclic) bond motifs is 1. The Morgan fingerprint density at radius 1 is 1.37 bits per heavy atom. The van der Waals surface area contributed by atoms with Crippen molar-refractivity contribution in [2.45, 2.75) is 13.1 Å². The molecule has 0 radical (unpaired) electrons. The van der Waals surface area contributed by atoms with Crippen LogP contribution in [0.2, 0.25) is 0 Å². The van der Waals surface area contributed by atoms with Crippen molar-refractivity contribution in [3.63, 3.8) is 0 Å². The Labute approximate surface area is 109 Å². The molecule has 1 amide bonds. The first kappa shape index (κ1) is 11.5. The summed E-state index contributed by atoms with van der Waals surface area (Å²) in [5.41, 5.74) is 6.02. The van der Waals surface area contributed by atoms with E-state index in [0.29, 0.717) is 19.6 Å². The van der Waals surface area contributed by atoms with Crippen molar-refractivity contribution >= 4 is 11.6 Å². The highest BCUT2D eigenvalue weighted by molar-refractivity contribution is 5.98. The number of para-hydroxylation sites is 1. The molecule has 7 nitrogen and oxygen atoms in total. The average Bonchev–Trinajstić information content (AvgIpc) is 2.88. The van der Waals surface area contributed by atoms with Crippen LogP contribution in [0.5, 0.6) is 5.75 Å². The predicted octanol–water partition coefficient (Wildman–Crippen LogP) is 0.222. The van der Waals surface area contributed by atoms with Crippen molar-refractivity contribution < 1.29 is 9.90 Å². The van der Waals surface area contributed by atoms with Crippen LogP contribution in [0.1, 0.15) is 16.2 Å². The second kappa shape index (κ2) is 4.27. The van der Waals surface area contributed by atoms with Gasteiger partial charge in [-0.05, 0) is 12.1 Å². The van der Waals surface area contributed by atoms with Gasteiger partial charge in [0, 0.05) is 13.1 Å². The van der Waals surface area contributed by atoms with E-state index >= 15 is 0 Å². The van der Waals surface area contributed by atoms with E-state index in [9.17, 15) is 9.90 Å². The first-order chi connectivity index (χ1) is 9.16. The van der Waals surface area contributed by atoms with Crippen molar-refractivity contribution in [2.75, 3.05) is 12.3 Å². The van der Waals surface area contributed by atoms with Gasteiger partial charge in [0.25, 0.3) is 5.91 Å². The van der Waals surface area contributed by atoms with Crippen LogP contribution in [0, 0.1) is 0 Å². The van der Waals surface area contributed by atoms with Crippen LogP contribution < -0.4 is 5.73 Å². The third-order valence-corrected chi connectivity index (χ3v) is 3.22. The Hall–Kier alpha value is -2.57. The first-order valence-electron chi connectivity index (χ1n) is 5.90. The van der Waals surface area contributed by atoms with Crippen LogP contribution >= 0.6 is 0 Å². The van der Waals surface area contributed by atoms with Crippen molar-refractivity contribution in [3.8, 4) is 5.75 Å². The fourth-order valence-corrected chi connectivity index (χ4v) is 2.14. The molecule has 1 aliphatic heterocycles. The molecule has 98 valence electrons. The lowest BCUT2D eigenvalue weighted by Crippen LogP contribution is -2.38. The van der Waals surface area contributed by atoms with Crippen LogP contribution in [-0.2, 0) is 13.1 Å². The van der Waals surface area contributed by atoms with Gasteiger partial charge < -0.3 is 20.3 Å². The van der Waals surface area contributed by atoms with E-state index in [1.807, 2.05) is 4.57 Å². The molecule has 0 saturated carbocycles. The molecule has 0 unspecified atom stereocenters. The predicted molar refractivity (Wildman–Crippen MR) is 67.3 cm³/mol. The van der Waals surface area contributed by atoms with Gasteiger partial charge in [0.05, 0.1) is 17.8 Å². The molecular weight excluding hydrogens is 246 g/mol. The zero-order valence-electron chi connectivity index (χ0n) is 10.2. The molecule has 2 aromatic rings. The smallest absolute Gasteiger partial charge is 0.258 e. The summed E-state index contributed by atoms with van der Waals surface area (Å²) in [6.45, 7) is 1.59. The number of nitrogens with zero attached hydrogens (tertiary/aromatic N) is 4. The minimum absolute atomic E-state index is 0.167. The lowest BCUT2D eigenvalue weighted by molar-refractivity contribution is 0.0704. The average molecular weight is 259 g/mol. The van der Waals surface area contributed by atoms with Gasteiger partial charge in [0.15, 0.2) is 11.6 Å². The molecule has 3 N–H and O–H groups in total. The summed E-state index contributed by atoms with van der Waals surface area (Å²) in [7, 11) is 0. The summed E-state index contributed by atoms with van der Waals surface area (Å²) in [4.78, 5) is 14.0. The van der Waals surface area contributed by atoms with Gasteiger partial charge in [-0.25, -0.2) is 0 Å². The zero-order chi connectivity index (χ0) is 13.4. The third-order valence-electron chi connectivity index (χ3n) is 3.22. The van der Waals surface area contributed by atoms with Crippen molar-refractivity contribution in [3.05, 3.63) is 35.9 Å². The molecular formula is C12H13N5O2. The van der Waals surface area contributed by atoms with E-state index in [2.05, 4.69) is 10.2 Å². The number of aromatic hydroxyl groups is 1. The molecule has 0 aliphatic carbocycles. The Morgan fingerprint density at radius 3 is 3.05 bits per heavy atom. The number of hydrogen-bond acceptors (Lipinski definition) is 5. The topological polar surface area (TPSA) is 97.3 Å². The summed E-state index contributed by atoms with van der Waals surface area (Å²) >= 11 is 0. The lowest BCUT2D eigenvalue weighted by atomic mass is 10.1. The van der Waals surface area contributed by atoms with E-state index in [1.165, 1.54) is 0 Å². The number of aromatic nitrogens is 3. The molecule has 2 heterocycles. The summed E-state index contributed by atoms with van der Waals surface area (Å²) in [5.74, 6) is 0.321. The van der Waals surface area contributed by atoms with Crippen molar-refractivity contribution in [1.82, 2.24) is 19.7 Å². The Morgan fingerprint density at radius 2 is 2.21 bits per heavy atom. The minimum atomic E-state index is -0.251. The Bertz CT molecular complexity index is 637. The highest BCUT2D eigenvalue weighted by Crippen LogP contribution is 2.26. The molecule has 0 atom stereocenters. The quantitative estimate of drug-likeness (QED) is 0.564. The Kier molecular flexibility index (Phi) is 2.59. The molecule has 1 aromatic carbocycles. The number of anilines is 1. The molecule has 1 aliphatic rings. The molecule has 0 saturated heterocycles. The van der Waals surface area contributed by atoms with Crippen molar-refractivity contribution in [2.24, 2.45) is 0 Å². The Balaban J connectivity index is 1.88. The first-order valence-corrected chi connectivity index (χ1v) is 5.90. The molecule has 7 heteroatoms. The number of phenols is 1. The number of nitrogens with two attached hydrogens (primary N) is 1. The maximum absolute atomic E-state index is 12.4. The molecule has 3 rings (SSSR count). The highest BCUT2D eigenvalue weighted by Gasteiger charge is 2.25. The normalized spacial score (nSPS) is 14.2. The number of nitrogen functional groups attached to an aromatic ring is 1. The maximum atomic E-state index is 12.4. The number of carbonyl (C=O) groups excluding carboxylic acids is 1. The summed E-state index contributed by atoms with van der Waals surface area (Å²) < 4.78 is 1.91. The van der Waals surface area contributed by atoms with Crippen molar-refractivity contribution in [1.29, 1.82) is 0 Å². The van der Waals surface area contributed by atoms with Gasteiger partial charge in [-0.3, -0.25) is 4.79 Å². The standard InChI is InChI=1S/C12H13N5O2/c13-9-3-1-2-8(11(9)18)12(19)16-4-5-17-7-14-15-10(17)6-16/h1-3,7,18H,4-6,13H2. The SMILES string of the molecule is Nc1cccc(C(=O)N2CCn3cnnc3C2)c1O. The second-order valence-electron chi connectivity index (χ2n) is 4.41. The molecule has 0 fully saturated rings. The van der Waals surface area contributed by atoms with Crippen LogP contribution in [0.25, 0.3) is 0 Å². The van der Waals surface area contributed by atoms with Gasteiger partial charge >= 0.3 is 0 Å². The largest absolute Gasteiger partial charge is 0.505 e.